The highest BCUT2D eigenvalue weighted by atomic mass is 14.8. The van der Waals surface area contributed by atoms with E-state index in [1.165, 1.54) is 17.4 Å². The molecule has 1 unspecified atom stereocenters. The summed E-state index contributed by atoms with van der Waals surface area (Å²) in [5.41, 5.74) is 3.57. The maximum absolute atomic E-state index is 4.53. The smallest absolute Gasteiger partial charge is 0.0705 e. The summed E-state index contributed by atoms with van der Waals surface area (Å²) >= 11 is 0. The van der Waals surface area contributed by atoms with E-state index in [2.05, 4.69) is 47.6 Å². The van der Waals surface area contributed by atoms with E-state index in [0.29, 0.717) is 5.92 Å². The molecule has 1 aromatic heterocycles. The maximum atomic E-state index is 4.53. The van der Waals surface area contributed by atoms with E-state index in [0.717, 1.165) is 17.8 Å². The molecule has 0 fully saturated rings. The van der Waals surface area contributed by atoms with E-state index in [4.69, 9.17) is 0 Å². The Kier molecular flexibility index (Phi) is 3.75. The van der Waals surface area contributed by atoms with Crippen molar-refractivity contribution in [3.8, 4) is 0 Å². The number of nitrogens with zero attached hydrogens (tertiary/aromatic N) is 1. The largest absolute Gasteiger partial charge is 0.320 e. The van der Waals surface area contributed by atoms with Crippen molar-refractivity contribution >= 4 is 10.9 Å². The number of fused-ring (bicyclic) bond motifs is 1. The molecule has 90 valence electrons. The van der Waals surface area contributed by atoms with Gasteiger partial charge in [0.1, 0.15) is 0 Å². The van der Waals surface area contributed by atoms with Crippen LogP contribution in [0.15, 0.2) is 30.3 Å². The summed E-state index contributed by atoms with van der Waals surface area (Å²) in [6, 6.07) is 10.8. The Morgan fingerprint density at radius 3 is 2.82 bits per heavy atom. The molecule has 17 heavy (non-hydrogen) atoms. The van der Waals surface area contributed by atoms with Crippen LogP contribution in [0.5, 0.6) is 0 Å². The van der Waals surface area contributed by atoms with Gasteiger partial charge in [0.2, 0.25) is 0 Å². The number of aryl methyl sites for hydroxylation is 1. The zero-order chi connectivity index (χ0) is 12.3. The summed E-state index contributed by atoms with van der Waals surface area (Å²) in [6.45, 7) is 5.37. The van der Waals surface area contributed by atoms with Gasteiger partial charge in [0.15, 0.2) is 0 Å². The molecule has 2 rings (SSSR count). The highest BCUT2D eigenvalue weighted by Gasteiger charge is 2.06. The fraction of sp³-hybridized carbons (Fsp3) is 0.400. The number of aromatic nitrogens is 1. The Morgan fingerprint density at radius 1 is 1.24 bits per heavy atom. The second-order valence-electron chi connectivity index (χ2n) is 4.70. The summed E-state index contributed by atoms with van der Waals surface area (Å²) < 4.78 is 0. The molecular formula is C15H20N2. The summed E-state index contributed by atoms with van der Waals surface area (Å²) in [5.74, 6) is 0.591. The zero-order valence-corrected chi connectivity index (χ0v) is 10.8. The molecule has 1 aromatic carbocycles. The lowest BCUT2D eigenvalue weighted by molar-refractivity contribution is 0.637. The molecule has 0 saturated carbocycles. The molecule has 1 atom stereocenters. The van der Waals surface area contributed by atoms with Gasteiger partial charge in [0.25, 0.3) is 0 Å². The van der Waals surface area contributed by atoms with Gasteiger partial charge in [0.05, 0.1) is 5.52 Å². The van der Waals surface area contributed by atoms with Gasteiger partial charge in [-0.15, -0.1) is 0 Å². The van der Waals surface area contributed by atoms with E-state index < -0.39 is 0 Å². The van der Waals surface area contributed by atoms with Gasteiger partial charge >= 0.3 is 0 Å². The fourth-order valence-electron chi connectivity index (χ4n) is 2.08. The monoisotopic (exact) mass is 228 g/mol. The molecule has 1 heterocycles. The van der Waals surface area contributed by atoms with Crippen molar-refractivity contribution in [2.24, 2.45) is 0 Å². The molecule has 2 heteroatoms. The topological polar surface area (TPSA) is 24.9 Å². The zero-order valence-electron chi connectivity index (χ0n) is 10.8. The first kappa shape index (κ1) is 12.1. The minimum absolute atomic E-state index is 0.591. The average Bonchev–Trinajstić information content (AvgIpc) is 2.35. The Labute approximate surface area is 103 Å². The number of pyridine rings is 1. The lowest BCUT2D eigenvalue weighted by atomic mass is 9.96. The van der Waals surface area contributed by atoms with Crippen LogP contribution < -0.4 is 5.32 Å². The predicted molar refractivity (Wildman–Crippen MR) is 73.4 cm³/mol. The van der Waals surface area contributed by atoms with Gasteiger partial charge in [-0.05, 0) is 56.6 Å². The minimum Gasteiger partial charge on any atom is -0.320 e. The second-order valence-corrected chi connectivity index (χ2v) is 4.70. The number of nitrogens with one attached hydrogen (secondary N) is 1. The first-order chi connectivity index (χ1) is 8.20. The van der Waals surface area contributed by atoms with Crippen LogP contribution in [0, 0.1) is 6.92 Å². The molecule has 0 bridgehead atoms. The van der Waals surface area contributed by atoms with Gasteiger partial charge in [-0.2, -0.15) is 0 Å². The quantitative estimate of drug-likeness (QED) is 0.869. The lowest BCUT2D eigenvalue weighted by Crippen LogP contribution is -2.10. The highest BCUT2D eigenvalue weighted by Crippen LogP contribution is 2.22. The number of hydrogen-bond donors (Lipinski definition) is 1. The normalized spacial score (nSPS) is 12.9. The third-order valence-corrected chi connectivity index (χ3v) is 3.25. The Balaban J connectivity index is 2.28. The van der Waals surface area contributed by atoms with E-state index in [9.17, 15) is 0 Å². The lowest BCUT2D eigenvalue weighted by Gasteiger charge is -2.12. The maximum Gasteiger partial charge on any atom is 0.0705 e. The molecule has 0 saturated heterocycles. The minimum atomic E-state index is 0.591. The molecule has 2 aromatic rings. The van der Waals surface area contributed by atoms with Gasteiger partial charge < -0.3 is 5.32 Å². The molecule has 2 nitrogen and oxygen atoms in total. The standard InChI is InChI=1S/C15H20N2/c1-11(8-9-16-3)13-6-7-15-14(10-13)5-4-12(2)17-15/h4-7,10-11,16H,8-9H2,1-3H3. The van der Waals surface area contributed by atoms with Gasteiger partial charge in [0, 0.05) is 11.1 Å². The summed E-state index contributed by atoms with van der Waals surface area (Å²) in [7, 11) is 2.00. The van der Waals surface area contributed by atoms with Crippen LogP contribution in [-0.4, -0.2) is 18.6 Å². The van der Waals surface area contributed by atoms with Crippen molar-refractivity contribution in [1.82, 2.24) is 10.3 Å². The van der Waals surface area contributed by atoms with Crippen molar-refractivity contribution in [3.63, 3.8) is 0 Å². The van der Waals surface area contributed by atoms with Crippen LogP contribution in [0.1, 0.15) is 30.5 Å². The molecule has 0 aliphatic heterocycles. The molecule has 0 aliphatic carbocycles. The Morgan fingerprint density at radius 2 is 2.06 bits per heavy atom. The van der Waals surface area contributed by atoms with Crippen molar-refractivity contribution in [2.75, 3.05) is 13.6 Å². The molecule has 0 spiro atoms. The Bertz CT molecular complexity index is 505. The summed E-state index contributed by atoms with van der Waals surface area (Å²) in [5, 5.41) is 4.44. The van der Waals surface area contributed by atoms with Gasteiger partial charge in [-0.25, -0.2) is 0 Å². The predicted octanol–water partition coefficient (Wildman–Crippen LogP) is 3.26. The van der Waals surface area contributed by atoms with Crippen LogP contribution >= 0.6 is 0 Å². The van der Waals surface area contributed by atoms with E-state index in [-0.39, 0.29) is 0 Å². The van der Waals surface area contributed by atoms with Crippen LogP contribution in [0.2, 0.25) is 0 Å². The van der Waals surface area contributed by atoms with Crippen LogP contribution in [0.3, 0.4) is 0 Å². The van der Waals surface area contributed by atoms with Crippen molar-refractivity contribution < 1.29 is 0 Å². The van der Waals surface area contributed by atoms with Gasteiger partial charge in [-0.1, -0.05) is 19.1 Å². The first-order valence-electron chi connectivity index (χ1n) is 6.22. The van der Waals surface area contributed by atoms with Crippen LogP contribution in [0.4, 0.5) is 0 Å². The van der Waals surface area contributed by atoms with E-state index >= 15 is 0 Å². The average molecular weight is 228 g/mol. The summed E-state index contributed by atoms with van der Waals surface area (Å²) in [6.07, 6.45) is 1.17. The van der Waals surface area contributed by atoms with E-state index in [1.807, 2.05) is 14.0 Å². The van der Waals surface area contributed by atoms with Gasteiger partial charge in [-0.3, -0.25) is 4.98 Å². The van der Waals surface area contributed by atoms with Crippen molar-refractivity contribution in [3.05, 3.63) is 41.6 Å². The SMILES string of the molecule is CNCCC(C)c1ccc2nc(C)ccc2c1. The Hall–Kier alpha value is -1.41. The molecule has 0 radical (unpaired) electrons. The molecular weight excluding hydrogens is 208 g/mol. The third-order valence-electron chi connectivity index (χ3n) is 3.25. The third kappa shape index (κ3) is 2.83. The molecule has 0 aliphatic rings. The second kappa shape index (κ2) is 5.28. The first-order valence-corrected chi connectivity index (χ1v) is 6.22. The highest BCUT2D eigenvalue weighted by molar-refractivity contribution is 5.79. The number of benzene rings is 1. The summed E-state index contributed by atoms with van der Waals surface area (Å²) in [4.78, 5) is 4.53. The van der Waals surface area contributed by atoms with E-state index in [1.54, 1.807) is 0 Å². The van der Waals surface area contributed by atoms with Crippen molar-refractivity contribution in [1.29, 1.82) is 0 Å². The van der Waals surface area contributed by atoms with Crippen molar-refractivity contribution in [2.45, 2.75) is 26.2 Å². The molecule has 1 N–H and O–H groups in total. The number of rotatable bonds is 4. The van der Waals surface area contributed by atoms with Crippen LogP contribution in [0.25, 0.3) is 10.9 Å². The fourth-order valence-corrected chi connectivity index (χ4v) is 2.08. The number of hydrogen-bond acceptors (Lipinski definition) is 2. The van der Waals surface area contributed by atoms with Crippen LogP contribution in [-0.2, 0) is 0 Å². The molecule has 0 amide bonds.